The molecule has 0 spiro atoms. The summed E-state index contributed by atoms with van der Waals surface area (Å²) in [5, 5.41) is 2.93. The number of carbonyl (C=O) groups is 2. The molecule has 8 heteroatoms. The van der Waals surface area contributed by atoms with Gasteiger partial charge in [-0.25, -0.2) is 9.59 Å². The van der Waals surface area contributed by atoms with Crippen LogP contribution in [0, 0.1) is 0 Å². The number of fused-ring (bicyclic) bond motifs is 2. The van der Waals surface area contributed by atoms with Crippen LogP contribution in [0.1, 0.15) is 0 Å². The van der Waals surface area contributed by atoms with Crippen LogP contribution in [0.3, 0.4) is 0 Å². The van der Waals surface area contributed by atoms with Gasteiger partial charge in [0.2, 0.25) is 0 Å². The van der Waals surface area contributed by atoms with E-state index in [0.29, 0.717) is 43.1 Å². The second-order valence-electron chi connectivity index (χ2n) is 5.71. The van der Waals surface area contributed by atoms with Crippen molar-refractivity contribution < 1.29 is 28.5 Å². The van der Waals surface area contributed by atoms with E-state index in [0.717, 1.165) is 0 Å². The topological polar surface area (TPSA) is 71.1 Å². The van der Waals surface area contributed by atoms with Crippen molar-refractivity contribution in [2.75, 3.05) is 27.4 Å². The van der Waals surface area contributed by atoms with Crippen LogP contribution in [0.4, 0.5) is 0 Å². The molecule has 0 bridgehead atoms. The lowest BCUT2D eigenvalue weighted by Gasteiger charge is -2.18. The van der Waals surface area contributed by atoms with Crippen LogP contribution in [0.15, 0.2) is 36.4 Å². The predicted octanol–water partition coefficient (Wildman–Crippen LogP) is 4.40. The van der Waals surface area contributed by atoms with Crippen LogP contribution in [0.5, 0.6) is 11.5 Å². The molecule has 6 nitrogen and oxygen atoms in total. The number of esters is 2. The number of rotatable bonds is 6. The van der Waals surface area contributed by atoms with Crippen LogP contribution in [0.25, 0.3) is 21.5 Å². The Morgan fingerprint density at radius 3 is 1.50 bits per heavy atom. The maximum Gasteiger partial charge on any atom is 0.343 e. The second-order valence-corrected chi connectivity index (χ2v) is 6.53. The number of methoxy groups -OCH3 is 2. The molecule has 0 heterocycles. The molecule has 0 saturated heterocycles. The van der Waals surface area contributed by atoms with E-state index in [-0.39, 0.29) is 13.2 Å². The normalized spacial score (nSPS) is 10.7. The summed E-state index contributed by atoms with van der Waals surface area (Å²) in [6, 6.07) is 10.4. The van der Waals surface area contributed by atoms with Crippen LogP contribution in [-0.4, -0.2) is 39.4 Å². The van der Waals surface area contributed by atoms with E-state index in [1.165, 1.54) is 14.2 Å². The summed E-state index contributed by atoms with van der Waals surface area (Å²) in [5.74, 6) is -0.342. The molecular formula is C20H16Cl2O6. The molecule has 3 aromatic carbocycles. The maximum absolute atomic E-state index is 11.6. The molecule has 0 aliphatic carbocycles. The van der Waals surface area contributed by atoms with Gasteiger partial charge >= 0.3 is 11.9 Å². The molecule has 0 unspecified atom stereocenters. The minimum Gasteiger partial charge on any atom is -0.481 e. The first-order valence-electron chi connectivity index (χ1n) is 8.19. The van der Waals surface area contributed by atoms with Gasteiger partial charge in [0.25, 0.3) is 0 Å². The third kappa shape index (κ3) is 3.79. The lowest BCUT2D eigenvalue weighted by atomic mass is 10.0. The zero-order valence-electron chi connectivity index (χ0n) is 15.1. The highest BCUT2D eigenvalue weighted by Crippen LogP contribution is 2.48. The largest absolute Gasteiger partial charge is 0.481 e. The third-order valence-electron chi connectivity index (χ3n) is 4.10. The van der Waals surface area contributed by atoms with Crippen molar-refractivity contribution in [3.63, 3.8) is 0 Å². The quantitative estimate of drug-likeness (QED) is 0.432. The van der Waals surface area contributed by atoms with Gasteiger partial charge in [0, 0.05) is 21.5 Å². The van der Waals surface area contributed by atoms with E-state index in [2.05, 4.69) is 9.47 Å². The van der Waals surface area contributed by atoms with Gasteiger partial charge in [0.1, 0.15) is 11.5 Å². The van der Waals surface area contributed by atoms with Gasteiger partial charge in [-0.05, 0) is 12.1 Å². The van der Waals surface area contributed by atoms with Gasteiger partial charge < -0.3 is 18.9 Å². The van der Waals surface area contributed by atoms with Crippen LogP contribution < -0.4 is 9.47 Å². The summed E-state index contributed by atoms with van der Waals surface area (Å²) in [4.78, 5) is 23.2. The molecular weight excluding hydrogens is 407 g/mol. The van der Waals surface area contributed by atoms with Crippen LogP contribution in [-0.2, 0) is 19.1 Å². The Kier molecular flexibility index (Phi) is 6.11. The fourth-order valence-electron chi connectivity index (χ4n) is 2.82. The molecule has 28 heavy (non-hydrogen) atoms. The number of ether oxygens (including phenoxy) is 4. The summed E-state index contributed by atoms with van der Waals surface area (Å²) < 4.78 is 20.8. The average Bonchev–Trinajstić information content (AvgIpc) is 2.72. The highest BCUT2D eigenvalue weighted by Gasteiger charge is 2.22. The lowest BCUT2D eigenvalue weighted by molar-refractivity contribution is -0.143. The Morgan fingerprint density at radius 1 is 0.750 bits per heavy atom. The first-order chi connectivity index (χ1) is 13.5. The van der Waals surface area contributed by atoms with Crippen molar-refractivity contribution in [2.24, 2.45) is 0 Å². The Balaban J connectivity index is 2.31. The smallest absolute Gasteiger partial charge is 0.343 e. The van der Waals surface area contributed by atoms with E-state index in [1.807, 2.05) is 12.1 Å². The second kappa shape index (κ2) is 8.54. The van der Waals surface area contributed by atoms with Gasteiger partial charge in [0.15, 0.2) is 13.2 Å². The molecule has 0 fully saturated rings. The molecule has 0 aliphatic rings. The van der Waals surface area contributed by atoms with Crippen molar-refractivity contribution in [3.05, 3.63) is 46.4 Å². The molecule has 0 atom stereocenters. The van der Waals surface area contributed by atoms with Crippen molar-refractivity contribution in [1.82, 2.24) is 0 Å². The number of hydrogen-bond donors (Lipinski definition) is 0. The minimum atomic E-state index is -0.540. The van der Waals surface area contributed by atoms with Crippen molar-refractivity contribution in [1.29, 1.82) is 0 Å². The standard InChI is InChI=1S/C20H16Cl2O6/c1-25-15(23)9-27-19-11-5-3-4-6-12(11)20(28-10-16(24)26-2)18-14(22)8-7-13(21)17(18)19/h3-8H,9-10H2,1-2H3. The molecule has 0 aromatic heterocycles. The molecule has 0 amide bonds. The zero-order chi connectivity index (χ0) is 20.3. The van der Waals surface area contributed by atoms with E-state index in [1.54, 1.807) is 24.3 Å². The number of carbonyl (C=O) groups excluding carboxylic acids is 2. The van der Waals surface area contributed by atoms with E-state index in [4.69, 9.17) is 32.7 Å². The average molecular weight is 423 g/mol. The molecule has 3 rings (SSSR count). The molecule has 0 aliphatic heterocycles. The van der Waals surface area contributed by atoms with Gasteiger partial charge in [-0.15, -0.1) is 0 Å². The van der Waals surface area contributed by atoms with Crippen molar-refractivity contribution >= 4 is 56.7 Å². The summed E-state index contributed by atoms with van der Waals surface area (Å²) in [6.45, 7) is -0.610. The third-order valence-corrected chi connectivity index (χ3v) is 4.73. The Bertz CT molecular complexity index is 980. The first-order valence-corrected chi connectivity index (χ1v) is 8.95. The lowest BCUT2D eigenvalue weighted by Crippen LogP contribution is -2.14. The number of benzene rings is 3. The highest BCUT2D eigenvalue weighted by molar-refractivity contribution is 6.42. The monoisotopic (exact) mass is 422 g/mol. The van der Waals surface area contributed by atoms with Gasteiger partial charge in [0.05, 0.1) is 24.3 Å². The molecule has 3 aromatic rings. The Morgan fingerprint density at radius 2 is 1.14 bits per heavy atom. The molecule has 0 saturated carbocycles. The summed E-state index contributed by atoms with van der Waals surface area (Å²) in [5.41, 5.74) is 0. The van der Waals surface area contributed by atoms with E-state index < -0.39 is 11.9 Å². The van der Waals surface area contributed by atoms with Gasteiger partial charge in [-0.1, -0.05) is 47.5 Å². The summed E-state index contributed by atoms with van der Waals surface area (Å²) in [7, 11) is 2.55. The SMILES string of the molecule is COC(=O)COc1c2ccccc2c(OCC(=O)OC)c2c(Cl)ccc(Cl)c12. The molecule has 0 radical (unpaired) electrons. The number of hydrogen-bond acceptors (Lipinski definition) is 6. The van der Waals surface area contributed by atoms with Crippen LogP contribution >= 0.6 is 23.2 Å². The Hall–Kier alpha value is -2.70. The first kappa shape index (κ1) is 20.0. The highest BCUT2D eigenvalue weighted by atomic mass is 35.5. The van der Waals surface area contributed by atoms with Gasteiger partial charge in [-0.2, -0.15) is 0 Å². The maximum atomic E-state index is 11.6. The van der Waals surface area contributed by atoms with Crippen LogP contribution in [0.2, 0.25) is 10.0 Å². The van der Waals surface area contributed by atoms with E-state index >= 15 is 0 Å². The fraction of sp³-hybridized carbons (Fsp3) is 0.200. The van der Waals surface area contributed by atoms with Crippen molar-refractivity contribution in [3.8, 4) is 11.5 Å². The summed E-state index contributed by atoms with van der Waals surface area (Å²) in [6.07, 6.45) is 0. The predicted molar refractivity (Wildman–Crippen MR) is 106 cm³/mol. The minimum absolute atomic E-state index is 0.305. The van der Waals surface area contributed by atoms with Crippen molar-refractivity contribution in [2.45, 2.75) is 0 Å². The Labute approximate surface area is 170 Å². The molecule has 0 N–H and O–H groups in total. The van der Waals surface area contributed by atoms with Gasteiger partial charge in [-0.3, -0.25) is 0 Å². The molecule has 146 valence electrons. The van der Waals surface area contributed by atoms with E-state index in [9.17, 15) is 9.59 Å². The zero-order valence-corrected chi connectivity index (χ0v) is 16.6. The summed E-state index contributed by atoms with van der Waals surface area (Å²) >= 11 is 12.9. The fourth-order valence-corrected chi connectivity index (χ4v) is 3.31. The number of halogens is 2.